The third kappa shape index (κ3) is 5.84. The number of anilines is 1. The van der Waals surface area contributed by atoms with Crippen LogP contribution >= 0.6 is 0 Å². The Morgan fingerprint density at radius 2 is 1.68 bits per heavy atom. The van der Waals surface area contributed by atoms with E-state index in [0.29, 0.717) is 5.82 Å². The molecule has 2 amide bonds. The smallest absolute Gasteiger partial charge is 0.320 e. The Kier molecular flexibility index (Phi) is 7.75. The average Bonchev–Trinajstić information content (AvgIpc) is 3.63. The molecule has 2 atom stereocenters. The summed E-state index contributed by atoms with van der Waals surface area (Å²) < 4.78 is 15.6. The topological polar surface area (TPSA) is 108 Å². The number of hydrogen-bond donors (Lipinski definition) is 2. The van der Waals surface area contributed by atoms with Gasteiger partial charge in [-0.25, -0.2) is 9.48 Å². The minimum atomic E-state index is -0.293. The first-order valence-corrected chi connectivity index (χ1v) is 15.0. The van der Waals surface area contributed by atoms with E-state index in [1.165, 1.54) is 0 Å². The molecule has 0 saturated carbocycles. The van der Waals surface area contributed by atoms with Crippen molar-refractivity contribution < 1.29 is 14.3 Å². The molecule has 2 unspecified atom stereocenters. The van der Waals surface area contributed by atoms with Gasteiger partial charge >= 0.3 is 6.03 Å². The number of ether oxygens (including phenoxy) is 2. The summed E-state index contributed by atoms with van der Waals surface area (Å²) in [7, 11) is 1.63. The molecule has 0 spiro atoms. The first kappa shape index (κ1) is 29.2. The molecule has 3 heterocycles. The zero-order valence-electron chi connectivity index (χ0n) is 26.0. The van der Waals surface area contributed by atoms with Crippen molar-refractivity contribution in [3.05, 3.63) is 95.6 Å². The summed E-state index contributed by atoms with van der Waals surface area (Å²) in [5.41, 5.74) is 4.41. The van der Waals surface area contributed by atoms with Gasteiger partial charge < -0.3 is 14.8 Å². The van der Waals surface area contributed by atoms with Crippen molar-refractivity contribution in [1.82, 2.24) is 29.7 Å². The summed E-state index contributed by atoms with van der Waals surface area (Å²) >= 11 is 0. The van der Waals surface area contributed by atoms with Gasteiger partial charge in [0.25, 0.3) is 0 Å². The molecule has 0 radical (unpaired) electrons. The van der Waals surface area contributed by atoms with Gasteiger partial charge in [0.2, 0.25) is 0 Å². The molecule has 0 bridgehead atoms. The lowest BCUT2D eigenvalue weighted by atomic mass is 9.85. The number of hydrogen-bond acceptors (Lipinski definition) is 6. The van der Waals surface area contributed by atoms with Crippen molar-refractivity contribution in [3.8, 4) is 17.2 Å². The standard InChI is InChI=1S/C34H39N7O3/c1-21(2)32-38-37-30-18-15-24(20-40(30)32)44-28-17-16-27(25-9-7-8-10-26(25)28)35-33(42)36-31-19-29(34(3,4)5)39-41(31)22-11-13-23(43-6)14-12-22/h7-15,18-21,27-28H,16-17H2,1-6H3,(H2,35,36,42). The Labute approximate surface area is 257 Å². The molecule has 228 valence electrons. The normalized spacial score (nSPS) is 16.5. The van der Waals surface area contributed by atoms with Gasteiger partial charge in [0.1, 0.15) is 29.2 Å². The Balaban J connectivity index is 1.21. The van der Waals surface area contributed by atoms with E-state index in [2.05, 4.69) is 67.6 Å². The molecular formula is C34H39N7O3. The third-order valence-corrected chi connectivity index (χ3v) is 7.97. The highest BCUT2D eigenvalue weighted by atomic mass is 16.5. The van der Waals surface area contributed by atoms with Crippen LogP contribution in [0, 0.1) is 0 Å². The van der Waals surface area contributed by atoms with Crippen LogP contribution in [0.3, 0.4) is 0 Å². The summed E-state index contributed by atoms with van der Waals surface area (Å²) in [6.07, 6.45) is 3.29. The van der Waals surface area contributed by atoms with Gasteiger partial charge in [-0.2, -0.15) is 5.10 Å². The van der Waals surface area contributed by atoms with Crippen LogP contribution in [0.4, 0.5) is 10.6 Å². The number of methoxy groups -OCH3 is 1. The fraction of sp³-hybridized carbons (Fsp3) is 0.353. The fourth-order valence-electron chi connectivity index (χ4n) is 5.61. The summed E-state index contributed by atoms with van der Waals surface area (Å²) in [6, 6.07) is 21.1. The van der Waals surface area contributed by atoms with Crippen molar-refractivity contribution in [2.24, 2.45) is 0 Å². The Bertz CT molecular complexity index is 1780. The SMILES string of the molecule is COc1ccc(-n2nc(C(C)(C)C)cc2NC(=O)NC2CCC(Oc3ccc4nnc(C(C)C)n4c3)c3ccccc32)cc1. The van der Waals surface area contributed by atoms with E-state index in [4.69, 9.17) is 14.6 Å². The molecule has 10 nitrogen and oxygen atoms in total. The van der Waals surface area contributed by atoms with Gasteiger partial charge in [0, 0.05) is 17.4 Å². The Morgan fingerprint density at radius 3 is 2.39 bits per heavy atom. The number of carbonyl (C=O) groups is 1. The first-order valence-electron chi connectivity index (χ1n) is 15.0. The van der Waals surface area contributed by atoms with E-state index in [1.54, 1.807) is 11.8 Å². The fourth-order valence-corrected chi connectivity index (χ4v) is 5.61. The summed E-state index contributed by atoms with van der Waals surface area (Å²) in [5, 5.41) is 19.7. The molecule has 6 rings (SSSR count). The summed E-state index contributed by atoms with van der Waals surface area (Å²) in [6.45, 7) is 10.5. The van der Waals surface area contributed by atoms with Crippen LogP contribution in [-0.4, -0.2) is 37.5 Å². The zero-order valence-corrected chi connectivity index (χ0v) is 26.0. The number of benzene rings is 2. The van der Waals surface area contributed by atoms with Crippen molar-refractivity contribution in [2.75, 3.05) is 12.4 Å². The van der Waals surface area contributed by atoms with Crippen LogP contribution in [0.15, 0.2) is 72.9 Å². The van der Waals surface area contributed by atoms with Crippen molar-refractivity contribution >= 4 is 17.5 Å². The Hall–Kier alpha value is -4.86. The molecule has 2 aromatic carbocycles. The summed E-state index contributed by atoms with van der Waals surface area (Å²) in [4.78, 5) is 13.5. The van der Waals surface area contributed by atoms with Crippen LogP contribution in [0.5, 0.6) is 11.5 Å². The summed E-state index contributed by atoms with van der Waals surface area (Å²) in [5.74, 6) is 3.23. The molecule has 44 heavy (non-hydrogen) atoms. The molecule has 3 aromatic heterocycles. The number of carbonyl (C=O) groups excluding carboxylic acids is 1. The second kappa shape index (κ2) is 11.7. The predicted molar refractivity (Wildman–Crippen MR) is 170 cm³/mol. The number of amides is 2. The number of rotatable bonds is 7. The van der Waals surface area contributed by atoms with Gasteiger partial charge in [0.15, 0.2) is 5.65 Å². The molecule has 0 aliphatic heterocycles. The lowest BCUT2D eigenvalue weighted by molar-refractivity contribution is 0.171. The van der Waals surface area contributed by atoms with Crippen molar-refractivity contribution in [3.63, 3.8) is 0 Å². The maximum absolute atomic E-state index is 13.5. The van der Waals surface area contributed by atoms with Gasteiger partial charge in [0.05, 0.1) is 30.7 Å². The van der Waals surface area contributed by atoms with Crippen LogP contribution < -0.4 is 20.1 Å². The average molecular weight is 594 g/mol. The minimum absolute atomic E-state index is 0.144. The largest absolute Gasteiger partial charge is 0.497 e. The number of pyridine rings is 1. The Morgan fingerprint density at radius 1 is 0.955 bits per heavy atom. The highest BCUT2D eigenvalue weighted by molar-refractivity contribution is 5.89. The lowest BCUT2D eigenvalue weighted by Gasteiger charge is -2.32. The molecule has 1 aliphatic carbocycles. The number of aromatic nitrogens is 5. The second-order valence-corrected chi connectivity index (χ2v) is 12.5. The van der Waals surface area contributed by atoms with E-state index in [0.717, 1.165) is 58.3 Å². The van der Waals surface area contributed by atoms with Crippen LogP contribution in [-0.2, 0) is 5.41 Å². The van der Waals surface area contributed by atoms with Gasteiger partial charge in [-0.15, -0.1) is 10.2 Å². The van der Waals surface area contributed by atoms with Gasteiger partial charge in [-0.1, -0.05) is 58.9 Å². The number of fused-ring (bicyclic) bond motifs is 2. The number of urea groups is 1. The van der Waals surface area contributed by atoms with Crippen LogP contribution in [0.25, 0.3) is 11.3 Å². The number of nitrogens with zero attached hydrogens (tertiary/aromatic N) is 5. The van der Waals surface area contributed by atoms with Crippen LogP contribution in [0.2, 0.25) is 0 Å². The van der Waals surface area contributed by atoms with E-state index >= 15 is 0 Å². The second-order valence-electron chi connectivity index (χ2n) is 12.5. The van der Waals surface area contributed by atoms with Gasteiger partial charge in [-0.3, -0.25) is 9.72 Å². The zero-order chi connectivity index (χ0) is 31.0. The van der Waals surface area contributed by atoms with Crippen molar-refractivity contribution in [1.29, 1.82) is 0 Å². The molecular weight excluding hydrogens is 554 g/mol. The molecule has 0 fully saturated rings. The van der Waals surface area contributed by atoms with Crippen LogP contribution in [0.1, 0.15) is 88.2 Å². The lowest BCUT2D eigenvalue weighted by Crippen LogP contribution is -2.36. The van der Waals surface area contributed by atoms with E-state index in [1.807, 2.05) is 65.2 Å². The third-order valence-electron chi connectivity index (χ3n) is 7.97. The van der Waals surface area contributed by atoms with Crippen molar-refractivity contribution in [2.45, 2.75) is 70.9 Å². The highest BCUT2D eigenvalue weighted by Crippen LogP contribution is 2.39. The predicted octanol–water partition coefficient (Wildman–Crippen LogP) is 7.12. The molecule has 1 aliphatic rings. The molecule has 0 saturated heterocycles. The number of nitrogens with one attached hydrogen (secondary N) is 2. The minimum Gasteiger partial charge on any atom is -0.497 e. The van der Waals surface area contributed by atoms with E-state index in [-0.39, 0.29) is 29.5 Å². The molecule has 2 N–H and O–H groups in total. The maximum Gasteiger partial charge on any atom is 0.320 e. The van der Waals surface area contributed by atoms with E-state index < -0.39 is 0 Å². The maximum atomic E-state index is 13.5. The first-order chi connectivity index (χ1) is 21.1. The molecule has 10 heteroatoms. The molecule has 5 aromatic rings. The van der Waals surface area contributed by atoms with Gasteiger partial charge in [-0.05, 0) is 60.4 Å². The quantitative estimate of drug-likeness (QED) is 0.208. The highest BCUT2D eigenvalue weighted by Gasteiger charge is 2.30. The monoisotopic (exact) mass is 593 g/mol. The van der Waals surface area contributed by atoms with E-state index in [9.17, 15) is 4.79 Å².